The second kappa shape index (κ2) is 4.59. The fraction of sp³-hybridized carbons (Fsp3) is 0.167. The van der Waals surface area contributed by atoms with Crippen molar-refractivity contribution in [3.63, 3.8) is 0 Å². The zero-order chi connectivity index (χ0) is 8.93. The summed E-state index contributed by atoms with van der Waals surface area (Å²) in [5.41, 5.74) is 0. The fourth-order valence-electron chi connectivity index (χ4n) is 1.43. The van der Waals surface area contributed by atoms with Gasteiger partial charge in [-0.3, -0.25) is 0 Å². The molecule has 0 atom stereocenters. The molecule has 2 aliphatic rings. The summed E-state index contributed by atoms with van der Waals surface area (Å²) in [4.78, 5) is 0. The van der Waals surface area contributed by atoms with E-state index in [1.807, 2.05) is 0 Å². The molecule has 0 aromatic carbocycles. The summed E-state index contributed by atoms with van der Waals surface area (Å²) in [6.07, 6.45) is 21.1. The van der Waals surface area contributed by atoms with E-state index in [0.717, 1.165) is 10.6 Å². The van der Waals surface area contributed by atoms with E-state index in [9.17, 15) is 0 Å². The van der Waals surface area contributed by atoms with Crippen molar-refractivity contribution in [3.8, 4) is 0 Å². The molecule has 0 spiro atoms. The van der Waals surface area contributed by atoms with Crippen molar-refractivity contribution in [2.24, 2.45) is 0 Å². The van der Waals surface area contributed by atoms with Gasteiger partial charge in [0.1, 0.15) is 0 Å². The van der Waals surface area contributed by atoms with Crippen LogP contribution in [0.1, 0.15) is 6.42 Å². The van der Waals surface area contributed by atoms with Gasteiger partial charge in [0.05, 0.1) is 0 Å². The van der Waals surface area contributed by atoms with Crippen LogP contribution in [0.4, 0.5) is 0 Å². The van der Waals surface area contributed by atoms with E-state index in [4.69, 9.17) is 0 Å². The van der Waals surface area contributed by atoms with Crippen molar-refractivity contribution in [1.29, 1.82) is 0 Å². The van der Waals surface area contributed by atoms with Gasteiger partial charge in [0, 0.05) is 0 Å². The number of allylic oxidation sites excluding steroid dienone is 10. The van der Waals surface area contributed by atoms with Crippen molar-refractivity contribution < 1.29 is 19.2 Å². The Labute approximate surface area is 88.3 Å². The second-order valence-corrected chi connectivity index (χ2v) is 5.64. The molecule has 0 unspecified atom stereocenters. The Morgan fingerprint density at radius 2 is 1.85 bits per heavy atom. The monoisotopic (exact) mass is 204 g/mol. The first-order valence-corrected chi connectivity index (χ1v) is 6.27. The van der Waals surface area contributed by atoms with E-state index in [1.165, 1.54) is 0 Å². The molecule has 2 aliphatic carbocycles. The van der Waals surface area contributed by atoms with Crippen LogP contribution in [0.3, 0.4) is 0 Å². The van der Waals surface area contributed by atoms with Crippen LogP contribution >= 0.6 is 0 Å². The number of hydrogen-bond donors (Lipinski definition) is 0. The van der Waals surface area contributed by atoms with Crippen LogP contribution in [-0.2, 0) is 19.2 Å². The SMILES string of the molecule is C1=CC=[C]([Ti][CH]2C=CC=C2)CC=C1. The summed E-state index contributed by atoms with van der Waals surface area (Å²) in [5.74, 6) is 0. The molecule has 0 saturated heterocycles. The van der Waals surface area contributed by atoms with E-state index in [0.29, 0.717) is 0 Å². The van der Waals surface area contributed by atoms with Gasteiger partial charge in [0.2, 0.25) is 0 Å². The maximum atomic E-state index is 2.32. The van der Waals surface area contributed by atoms with Crippen LogP contribution in [0.15, 0.2) is 58.6 Å². The summed E-state index contributed by atoms with van der Waals surface area (Å²) in [5, 5.41) is 0. The Bertz CT molecular complexity index is 304. The van der Waals surface area contributed by atoms with Crippen molar-refractivity contribution in [3.05, 3.63) is 58.6 Å². The molecule has 1 heteroatoms. The molecule has 0 aliphatic heterocycles. The van der Waals surface area contributed by atoms with Gasteiger partial charge in [-0.15, -0.1) is 0 Å². The van der Waals surface area contributed by atoms with E-state index < -0.39 is 0 Å². The summed E-state index contributed by atoms with van der Waals surface area (Å²) in [6.45, 7) is 0. The molecule has 0 nitrogen and oxygen atoms in total. The molecule has 0 fully saturated rings. The predicted molar refractivity (Wildman–Crippen MR) is 53.0 cm³/mol. The van der Waals surface area contributed by atoms with Crippen LogP contribution in [0, 0.1) is 0 Å². The van der Waals surface area contributed by atoms with Crippen LogP contribution < -0.4 is 0 Å². The van der Waals surface area contributed by atoms with Gasteiger partial charge in [-0.2, -0.15) is 0 Å². The molecule has 0 heterocycles. The van der Waals surface area contributed by atoms with Crippen molar-refractivity contribution in [1.82, 2.24) is 0 Å². The topological polar surface area (TPSA) is 0 Å². The molecule has 0 amide bonds. The third-order valence-corrected chi connectivity index (χ3v) is 4.37. The first-order chi connectivity index (χ1) is 6.45. The van der Waals surface area contributed by atoms with Crippen LogP contribution in [0.5, 0.6) is 0 Å². The number of rotatable bonds is 2. The summed E-state index contributed by atoms with van der Waals surface area (Å²) in [6, 6.07) is 0. The summed E-state index contributed by atoms with van der Waals surface area (Å²) >= 11 is 0.0311. The Kier molecular flexibility index (Phi) is 3.18. The van der Waals surface area contributed by atoms with Crippen molar-refractivity contribution >= 4 is 0 Å². The Hall–Kier alpha value is -0.586. The van der Waals surface area contributed by atoms with Gasteiger partial charge in [-0.05, 0) is 0 Å². The first-order valence-electron chi connectivity index (χ1n) is 4.59. The van der Waals surface area contributed by atoms with Gasteiger partial charge in [0.25, 0.3) is 0 Å². The number of hydrogen-bond acceptors (Lipinski definition) is 0. The molecule has 0 N–H and O–H groups in total. The molecule has 13 heavy (non-hydrogen) atoms. The zero-order valence-electron chi connectivity index (χ0n) is 7.48. The van der Waals surface area contributed by atoms with E-state index in [1.54, 1.807) is 3.88 Å². The third-order valence-electron chi connectivity index (χ3n) is 2.09. The first kappa shape index (κ1) is 8.99. The normalized spacial score (nSPS) is 20.5. The van der Waals surface area contributed by atoms with Crippen LogP contribution in [-0.4, -0.2) is 0 Å². The van der Waals surface area contributed by atoms with Crippen LogP contribution in [0.2, 0.25) is 4.22 Å². The van der Waals surface area contributed by atoms with E-state index >= 15 is 0 Å². The molecule has 0 radical (unpaired) electrons. The standard InChI is InChI=1S/C7H7.C5H5.Ti/c1-2-4-6-7-5-3-1;1-2-4-5-3-1;/h1-5H,6H2;1-5H;. The summed E-state index contributed by atoms with van der Waals surface area (Å²) in [7, 11) is 0. The molecular weight excluding hydrogens is 192 g/mol. The Morgan fingerprint density at radius 1 is 1.00 bits per heavy atom. The Balaban J connectivity index is 1.97. The molecule has 64 valence electrons. The van der Waals surface area contributed by atoms with E-state index in [2.05, 4.69) is 54.7 Å². The molecule has 0 aromatic rings. The molecule has 0 aromatic heterocycles. The van der Waals surface area contributed by atoms with Gasteiger partial charge < -0.3 is 0 Å². The predicted octanol–water partition coefficient (Wildman–Crippen LogP) is 3.38. The molecule has 0 bridgehead atoms. The molecule has 2 rings (SSSR count). The third kappa shape index (κ3) is 2.68. The van der Waals surface area contributed by atoms with Gasteiger partial charge in [-0.1, -0.05) is 0 Å². The fourth-order valence-corrected chi connectivity index (χ4v) is 3.41. The minimum atomic E-state index is 0.0311. The summed E-state index contributed by atoms with van der Waals surface area (Å²) < 4.78 is 2.40. The second-order valence-electron chi connectivity index (χ2n) is 3.15. The van der Waals surface area contributed by atoms with Crippen molar-refractivity contribution in [2.45, 2.75) is 10.6 Å². The average molecular weight is 204 g/mol. The van der Waals surface area contributed by atoms with Gasteiger partial charge in [-0.25, -0.2) is 0 Å². The average Bonchev–Trinajstić information content (AvgIpc) is 2.49. The minimum absolute atomic E-state index is 0.0311. The molecule has 0 saturated carbocycles. The van der Waals surface area contributed by atoms with Gasteiger partial charge in [0.15, 0.2) is 0 Å². The Morgan fingerprint density at radius 3 is 2.69 bits per heavy atom. The molecular formula is C12H12Ti. The maximum absolute atomic E-state index is 2.32. The quantitative estimate of drug-likeness (QED) is 0.605. The van der Waals surface area contributed by atoms with Crippen molar-refractivity contribution in [2.75, 3.05) is 0 Å². The van der Waals surface area contributed by atoms with Crippen LogP contribution in [0.25, 0.3) is 0 Å². The van der Waals surface area contributed by atoms with Gasteiger partial charge >= 0.3 is 88.4 Å². The zero-order valence-corrected chi connectivity index (χ0v) is 9.04. The van der Waals surface area contributed by atoms with E-state index in [-0.39, 0.29) is 19.2 Å².